The van der Waals surface area contributed by atoms with Crippen molar-refractivity contribution in [2.45, 2.75) is 27.7 Å². The second kappa shape index (κ2) is 6.85. The number of aryl methyl sites for hydroxylation is 2. The van der Waals surface area contributed by atoms with Crippen LogP contribution in [0.5, 0.6) is 0 Å². The predicted octanol–water partition coefficient (Wildman–Crippen LogP) is 5.04. The molecule has 98 valence electrons. The van der Waals surface area contributed by atoms with Crippen LogP contribution in [0.25, 0.3) is 0 Å². The molecule has 0 saturated carbocycles. The largest absolute Gasteiger partial charge is 0.382 e. The molecule has 0 fully saturated rings. The van der Waals surface area contributed by atoms with E-state index in [0.717, 1.165) is 6.54 Å². The Morgan fingerprint density at radius 3 is 2.56 bits per heavy atom. The lowest BCUT2D eigenvalue weighted by atomic mass is 10.1. The molecule has 0 unspecified atom stereocenters. The van der Waals surface area contributed by atoms with Crippen LogP contribution in [-0.2, 0) is 0 Å². The molecule has 1 rings (SSSR count). The number of nitrogens with one attached hydrogen (secondary N) is 1. The van der Waals surface area contributed by atoms with Gasteiger partial charge in [-0.1, -0.05) is 30.9 Å². The molecule has 0 aliphatic rings. The van der Waals surface area contributed by atoms with Crippen LogP contribution >= 0.6 is 0 Å². The third-order valence-corrected chi connectivity index (χ3v) is 3.23. The summed E-state index contributed by atoms with van der Waals surface area (Å²) in [6, 6.07) is 6.45. The fourth-order valence-corrected chi connectivity index (χ4v) is 1.56. The van der Waals surface area contributed by atoms with Crippen LogP contribution in [-0.4, -0.2) is 6.54 Å². The minimum Gasteiger partial charge on any atom is -0.382 e. The molecule has 0 aliphatic heterocycles. The van der Waals surface area contributed by atoms with E-state index in [1.807, 2.05) is 6.08 Å². The van der Waals surface area contributed by atoms with Crippen molar-refractivity contribution in [3.05, 3.63) is 65.3 Å². The van der Waals surface area contributed by atoms with Crippen LogP contribution in [0.3, 0.4) is 0 Å². The Hall–Kier alpha value is -1.76. The Bertz CT molecular complexity index is 484. The minimum absolute atomic E-state index is 0. The van der Waals surface area contributed by atoms with Gasteiger partial charge in [0.25, 0.3) is 0 Å². The summed E-state index contributed by atoms with van der Waals surface area (Å²) in [6.07, 6.45) is 6.15. The molecule has 0 radical (unpaired) electrons. The maximum Gasteiger partial charge on any atom is 0.0345 e. The zero-order chi connectivity index (χ0) is 13.5. The summed E-state index contributed by atoms with van der Waals surface area (Å²) in [5, 5.41) is 3.39. The summed E-state index contributed by atoms with van der Waals surface area (Å²) in [5.74, 6) is 0. The first-order valence-electron chi connectivity index (χ1n) is 6.32. The van der Waals surface area contributed by atoms with Gasteiger partial charge < -0.3 is 5.32 Å². The van der Waals surface area contributed by atoms with Gasteiger partial charge >= 0.3 is 0 Å². The van der Waals surface area contributed by atoms with E-state index in [-0.39, 0.29) is 1.43 Å². The fourth-order valence-electron chi connectivity index (χ4n) is 1.56. The zero-order valence-electron chi connectivity index (χ0n) is 11.9. The van der Waals surface area contributed by atoms with Gasteiger partial charge in [0.1, 0.15) is 0 Å². The molecule has 1 aromatic carbocycles. The van der Waals surface area contributed by atoms with Gasteiger partial charge in [-0.15, -0.1) is 0 Å². The molecule has 0 aliphatic carbocycles. The van der Waals surface area contributed by atoms with Crippen molar-refractivity contribution in [1.29, 1.82) is 0 Å². The van der Waals surface area contributed by atoms with Crippen molar-refractivity contribution in [3.63, 3.8) is 0 Å². The van der Waals surface area contributed by atoms with E-state index in [0.29, 0.717) is 0 Å². The van der Waals surface area contributed by atoms with Gasteiger partial charge in [0.05, 0.1) is 0 Å². The molecule has 0 spiro atoms. The highest BCUT2D eigenvalue weighted by Crippen LogP contribution is 2.13. The van der Waals surface area contributed by atoms with Crippen molar-refractivity contribution in [1.82, 2.24) is 0 Å². The number of anilines is 1. The highest BCUT2D eigenvalue weighted by molar-refractivity contribution is 5.48. The summed E-state index contributed by atoms with van der Waals surface area (Å²) < 4.78 is 0. The molecular weight excluding hydrogens is 218 g/mol. The van der Waals surface area contributed by atoms with Crippen LogP contribution in [0.15, 0.2) is 54.2 Å². The highest BCUT2D eigenvalue weighted by Gasteiger charge is 1.94. The molecular formula is C17H25N. The number of allylic oxidation sites excluding steroid dienone is 4. The van der Waals surface area contributed by atoms with Gasteiger partial charge in [-0.3, -0.25) is 0 Å². The SMILES string of the molecule is C=C/C(C)=C(C)\C=C/CNc1ccc(C)c(C)c1.[HH]. The first-order valence-corrected chi connectivity index (χ1v) is 6.32. The van der Waals surface area contributed by atoms with E-state index in [9.17, 15) is 0 Å². The van der Waals surface area contributed by atoms with E-state index in [1.54, 1.807) is 0 Å². The molecule has 18 heavy (non-hydrogen) atoms. The Morgan fingerprint density at radius 2 is 1.94 bits per heavy atom. The van der Waals surface area contributed by atoms with Crippen LogP contribution in [0.1, 0.15) is 26.4 Å². The summed E-state index contributed by atoms with van der Waals surface area (Å²) in [4.78, 5) is 0. The lowest BCUT2D eigenvalue weighted by Crippen LogP contribution is -1.98. The van der Waals surface area contributed by atoms with Crippen molar-refractivity contribution in [2.75, 3.05) is 11.9 Å². The summed E-state index contributed by atoms with van der Waals surface area (Å²) >= 11 is 0. The first-order chi connectivity index (χ1) is 8.54. The molecule has 0 aromatic heterocycles. The molecule has 0 heterocycles. The van der Waals surface area contributed by atoms with Gasteiger partial charge in [0.2, 0.25) is 0 Å². The average Bonchev–Trinajstić information content (AvgIpc) is 2.37. The Labute approximate surface area is 112 Å². The van der Waals surface area contributed by atoms with E-state index < -0.39 is 0 Å². The Balaban J connectivity index is 0.00000324. The molecule has 0 atom stereocenters. The third-order valence-electron chi connectivity index (χ3n) is 3.23. The van der Waals surface area contributed by atoms with E-state index >= 15 is 0 Å². The van der Waals surface area contributed by atoms with Gasteiger partial charge in [-0.2, -0.15) is 0 Å². The molecule has 1 heteroatoms. The smallest absolute Gasteiger partial charge is 0.0345 e. The van der Waals surface area contributed by atoms with Gasteiger partial charge in [-0.25, -0.2) is 0 Å². The van der Waals surface area contributed by atoms with Crippen LogP contribution in [0.2, 0.25) is 0 Å². The predicted molar refractivity (Wildman–Crippen MR) is 84.2 cm³/mol. The summed E-state index contributed by atoms with van der Waals surface area (Å²) in [5.41, 5.74) is 6.30. The number of hydrogen-bond donors (Lipinski definition) is 1. The van der Waals surface area contributed by atoms with Crippen molar-refractivity contribution in [2.24, 2.45) is 0 Å². The molecule has 1 nitrogen and oxygen atoms in total. The minimum atomic E-state index is 0. The monoisotopic (exact) mass is 243 g/mol. The van der Waals surface area contributed by atoms with E-state index in [1.165, 1.54) is 28.0 Å². The van der Waals surface area contributed by atoms with E-state index in [2.05, 4.69) is 69.9 Å². The van der Waals surface area contributed by atoms with Gasteiger partial charge in [0, 0.05) is 13.7 Å². The molecule has 0 saturated heterocycles. The van der Waals surface area contributed by atoms with Crippen LogP contribution in [0, 0.1) is 13.8 Å². The van der Waals surface area contributed by atoms with Crippen LogP contribution in [0.4, 0.5) is 5.69 Å². The van der Waals surface area contributed by atoms with Crippen molar-refractivity contribution < 1.29 is 1.43 Å². The molecule has 0 amide bonds. The molecule has 0 bridgehead atoms. The third kappa shape index (κ3) is 4.25. The lowest BCUT2D eigenvalue weighted by molar-refractivity contribution is 1.28. The Morgan fingerprint density at radius 1 is 1.22 bits per heavy atom. The second-order valence-corrected chi connectivity index (χ2v) is 4.65. The fraction of sp³-hybridized carbons (Fsp3) is 0.294. The number of hydrogen-bond acceptors (Lipinski definition) is 1. The van der Waals surface area contributed by atoms with Crippen LogP contribution < -0.4 is 5.32 Å². The lowest BCUT2D eigenvalue weighted by Gasteiger charge is -2.06. The summed E-state index contributed by atoms with van der Waals surface area (Å²) in [7, 11) is 0. The first kappa shape index (κ1) is 14.3. The standard InChI is InChI=1S/C17H23N.H2/c1-6-13(2)14(3)8-7-11-18-17-10-9-15(4)16(5)12-17;/h6-10,12,18H,1,11H2,2-5H3;1H/b8-7-,14-13-;. The number of rotatable bonds is 5. The Kier molecular flexibility index (Phi) is 5.44. The summed E-state index contributed by atoms with van der Waals surface area (Å²) in [6.45, 7) is 13.0. The topological polar surface area (TPSA) is 12.0 Å². The maximum atomic E-state index is 3.77. The molecule has 1 N–H and O–H groups in total. The molecule has 1 aromatic rings. The highest BCUT2D eigenvalue weighted by atomic mass is 14.8. The van der Waals surface area contributed by atoms with Crippen molar-refractivity contribution >= 4 is 5.69 Å². The van der Waals surface area contributed by atoms with Gasteiger partial charge in [0.15, 0.2) is 0 Å². The second-order valence-electron chi connectivity index (χ2n) is 4.65. The van der Waals surface area contributed by atoms with E-state index in [4.69, 9.17) is 0 Å². The normalized spacial score (nSPS) is 12.4. The zero-order valence-corrected chi connectivity index (χ0v) is 11.9. The average molecular weight is 243 g/mol. The van der Waals surface area contributed by atoms with Gasteiger partial charge in [-0.05, 0) is 62.1 Å². The quantitative estimate of drug-likeness (QED) is 0.714. The van der Waals surface area contributed by atoms with Crippen molar-refractivity contribution in [3.8, 4) is 0 Å². The number of benzene rings is 1. The maximum absolute atomic E-state index is 3.77.